The molecule has 1 heterocycles. The second kappa shape index (κ2) is 6.01. The molecule has 0 aliphatic heterocycles. The van der Waals surface area contributed by atoms with Gasteiger partial charge in [-0.15, -0.1) is 0 Å². The third-order valence-corrected chi connectivity index (χ3v) is 5.39. The smallest absolute Gasteiger partial charge is 0.242 e. The molecule has 0 spiro atoms. The Morgan fingerprint density at radius 2 is 2.10 bits per heavy atom. The van der Waals surface area contributed by atoms with Crippen molar-refractivity contribution in [3.8, 4) is 0 Å². The summed E-state index contributed by atoms with van der Waals surface area (Å²) in [4.78, 5) is 4.96. The van der Waals surface area contributed by atoms with Gasteiger partial charge in [0.15, 0.2) is 0 Å². The van der Waals surface area contributed by atoms with Gasteiger partial charge in [-0.05, 0) is 37.4 Å². The van der Waals surface area contributed by atoms with Crippen LogP contribution in [-0.2, 0) is 10.0 Å². The molecule has 0 unspecified atom stereocenters. The molecule has 0 bridgehead atoms. The first-order valence-electron chi connectivity index (χ1n) is 5.55. The lowest BCUT2D eigenvalue weighted by atomic mass is 10.3. The Bertz CT molecular complexity index is 735. The largest absolute Gasteiger partial charge is 0.398 e. The van der Waals surface area contributed by atoms with E-state index in [1.807, 2.05) is 0 Å². The number of hydrogen-bond donors (Lipinski definition) is 2. The van der Waals surface area contributed by atoms with Crippen molar-refractivity contribution in [3.05, 3.63) is 41.6 Å². The van der Waals surface area contributed by atoms with Crippen LogP contribution in [0.5, 0.6) is 0 Å². The van der Waals surface area contributed by atoms with Crippen molar-refractivity contribution in [1.29, 1.82) is 0 Å². The van der Waals surface area contributed by atoms with Crippen LogP contribution in [0.1, 0.15) is 0 Å². The van der Waals surface area contributed by atoms with E-state index in [1.54, 1.807) is 30.5 Å². The molecule has 0 saturated heterocycles. The number of anilines is 1. The molecule has 2 aromatic rings. The van der Waals surface area contributed by atoms with Gasteiger partial charge in [0.1, 0.15) is 9.92 Å². The summed E-state index contributed by atoms with van der Waals surface area (Å²) in [5, 5.41) is 1.17. The Morgan fingerprint density at radius 1 is 1.35 bits per heavy atom. The van der Waals surface area contributed by atoms with Crippen LogP contribution >= 0.6 is 23.4 Å². The van der Waals surface area contributed by atoms with Crippen molar-refractivity contribution in [3.63, 3.8) is 0 Å². The predicted molar refractivity (Wildman–Crippen MR) is 80.5 cm³/mol. The maximum atomic E-state index is 11.7. The molecule has 0 saturated carbocycles. The van der Waals surface area contributed by atoms with Gasteiger partial charge in [-0.25, -0.2) is 18.1 Å². The minimum absolute atomic E-state index is 0.0523. The van der Waals surface area contributed by atoms with Crippen molar-refractivity contribution in [2.45, 2.75) is 14.8 Å². The van der Waals surface area contributed by atoms with Crippen LogP contribution < -0.4 is 10.5 Å². The van der Waals surface area contributed by atoms with E-state index in [0.29, 0.717) is 10.0 Å². The lowest BCUT2D eigenvalue weighted by Gasteiger charge is -2.08. The summed E-state index contributed by atoms with van der Waals surface area (Å²) >= 11 is 7.34. The molecule has 20 heavy (non-hydrogen) atoms. The number of aromatic nitrogens is 1. The standard InChI is InChI=1S/C12H12ClN3O2S2/c1-15-20(17,18)11-5-4-8(7-10(11)14)19-12-9(13)3-2-6-16-12/h2-7,15H,14H2,1H3. The van der Waals surface area contributed by atoms with Gasteiger partial charge in [-0.2, -0.15) is 0 Å². The van der Waals surface area contributed by atoms with Crippen LogP contribution in [0, 0.1) is 0 Å². The third-order valence-electron chi connectivity index (χ3n) is 2.48. The molecule has 1 aromatic heterocycles. The molecule has 0 aliphatic carbocycles. The minimum atomic E-state index is -3.55. The Hall–Kier alpha value is -1.28. The first kappa shape index (κ1) is 15.1. The fraction of sp³-hybridized carbons (Fsp3) is 0.0833. The summed E-state index contributed by atoms with van der Waals surface area (Å²) in [5.74, 6) is 0. The van der Waals surface area contributed by atoms with Gasteiger partial charge < -0.3 is 5.73 Å². The topological polar surface area (TPSA) is 85.1 Å². The summed E-state index contributed by atoms with van der Waals surface area (Å²) < 4.78 is 25.7. The zero-order valence-corrected chi connectivity index (χ0v) is 12.9. The number of nitrogens with two attached hydrogens (primary N) is 1. The molecule has 0 amide bonds. The molecule has 0 fully saturated rings. The second-order valence-corrected chi connectivity index (χ2v) is 7.12. The molecule has 106 valence electrons. The summed E-state index contributed by atoms with van der Waals surface area (Å²) in [6, 6.07) is 8.18. The van der Waals surface area contributed by atoms with E-state index < -0.39 is 10.0 Å². The lowest BCUT2D eigenvalue weighted by molar-refractivity contribution is 0.588. The highest BCUT2D eigenvalue weighted by molar-refractivity contribution is 7.99. The van der Waals surface area contributed by atoms with Crippen molar-refractivity contribution in [1.82, 2.24) is 9.71 Å². The Kier molecular flexibility index (Phi) is 4.54. The molecule has 1 aromatic carbocycles. The SMILES string of the molecule is CNS(=O)(=O)c1ccc(Sc2ncccc2Cl)cc1N. The number of halogens is 1. The number of pyridine rings is 1. The zero-order valence-electron chi connectivity index (χ0n) is 10.5. The second-order valence-electron chi connectivity index (χ2n) is 3.80. The van der Waals surface area contributed by atoms with Crippen molar-refractivity contribution in [2.24, 2.45) is 0 Å². The van der Waals surface area contributed by atoms with E-state index in [9.17, 15) is 8.42 Å². The highest BCUT2D eigenvalue weighted by atomic mass is 35.5. The summed E-state index contributed by atoms with van der Waals surface area (Å²) in [6.45, 7) is 0. The highest BCUT2D eigenvalue weighted by Crippen LogP contribution is 2.33. The van der Waals surface area contributed by atoms with E-state index in [4.69, 9.17) is 17.3 Å². The maximum Gasteiger partial charge on any atom is 0.242 e. The van der Waals surface area contributed by atoms with Gasteiger partial charge in [0.25, 0.3) is 0 Å². The average molecular weight is 330 g/mol. The number of nitrogen functional groups attached to an aromatic ring is 1. The van der Waals surface area contributed by atoms with Crippen LogP contribution in [0.15, 0.2) is 51.3 Å². The number of nitrogens with zero attached hydrogens (tertiary/aromatic N) is 1. The van der Waals surface area contributed by atoms with Crippen molar-refractivity contribution >= 4 is 39.1 Å². The van der Waals surface area contributed by atoms with Gasteiger partial charge in [0.05, 0.1) is 10.7 Å². The molecule has 8 heteroatoms. The molecule has 0 aliphatic rings. The first-order valence-corrected chi connectivity index (χ1v) is 8.23. The van der Waals surface area contributed by atoms with Crippen LogP contribution in [0.3, 0.4) is 0 Å². The number of hydrogen-bond acceptors (Lipinski definition) is 5. The first-order chi connectivity index (χ1) is 9.44. The zero-order chi connectivity index (χ0) is 14.8. The minimum Gasteiger partial charge on any atom is -0.398 e. The molecule has 0 atom stereocenters. The van der Waals surface area contributed by atoms with Crippen LogP contribution in [0.2, 0.25) is 5.02 Å². The van der Waals surface area contributed by atoms with Gasteiger partial charge in [0, 0.05) is 11.1 Å². The van der Waals surface area contributed by atoms with E-state index in [2.05, 4.69) is 9.71 Å². The van der Waals surface area contributed by atoms with E-state index in [0.717, 1.165) is 4.90 Å². The molecular weight excluding hydrogens is 318 g/mol. The molecule has 5 nitrogen and oxygen atoms in total. The lowest BCUT2D eigenvalue weighted by Crippen LogP contribution is -2.19. The highest BCUT2D eigenvalue weighted by Gasteiger charge is 2.15. The van der Waals surface area contributed by atoms with Gasteiger partial charge >= 0.3 is 0 Å². The fourth-order valence-corrected chi connectivity index (χ4v) is 3.40. The number of nitrogens with one attached hydrogen (secondary N) is 1. The molecule has 2 rings (SSSR count). The monoisotopic (exact) mass is 329 g/mol. The van der Waals surface area contributed by atoms with Crippen LogP contribution in [0.25, 0.3) is 0 Å². The van der Waals surface area contributed by atoms with Crippen LogP contribution in [-0.4, -0.2) is 20.4 Å². The number of benzene rings is 1. The van der Waals surface area contributed by atoms with E-state index >= 15 is 0 Å². The quantitative estimate of drug-likeness (QED) is 0.841. The van der Waals surface area contributed by atoms with E-state index in [1.165, 1.54) is 24.9 Å². The molecule has 3 N–H and O–H groups in total. The number of rotatable bonds is 4. The average Bonchev–Trinajstić information content (AvgIpc) is 2.41. The van der Waals surface area contributed by atoms with Crippen LogP contribution in [0.4, 0.5) is 5.69 Å². The van der Waals surface area contributed by atoms with Crippen molar-refractivity contribution in [2.75, 3.05) is 12.8 Å². The summed E-state index contributed by atoms with van der Waals surface area (Å²) in [5.41, 5.74) is 5.97. The molecular formula is C12H12ClN3O2S2. The summed E-state index contributed by atoms with van der Waals surface area (Å²) in [7, 11) is -2.21. The van der Waals surface area contributed by atoms with Gasteiger partial charge in [-0.1, -0.05) is 23.4 Å². The number of sulfonamides is 1. The van der Waals surface area contributed by atoms with E-state index in [-0.39, 0.29) is 10.6 Å². The third kappa shape index (κ3) is 3.24. The van der Waals surface area contributed by atoms with Gasteiger partial charge in [-0.3, -0.25) is 0 Å². The Labute approximate surface area is 126 Å². The van der Waals surface area contributed by atoms with Crippen molar-refractivity contribution < 1.29 is 8.42 Å². The normalized spacial score (nSPS) is 11.5. The fourth-order valence-electron chi connectivity index (χ4n) is 1.50. The summed E-state index contributed by atoms with van der Waals surface area (Å²) in [6.07, 6.45) is 1.64. The predicted octanol–water partition coefficient (Wildman–Crippen LogP) is 2.38. The van der Waals surface area contributed by atoms with Gasteiger partial charge in [0.2, 0.25) is 10.0 Å². The Morgan fingerprint density at radius 3 is 2.70 bits per heavy atom. The maximum absolute atomic E-state index is 11.7. The molecule has 0 radical (unpaired) electrons. The Balaban J connectivity index is 2.33.